The average Bonchev–Trinajstić information content (AvgIpc) is 2.54. The van der Waals surface area contributed by atoms with Crippen LogP contribution in [0.1, 0.15) is 17.3 Å². The molecule has 0 spiro atoms. The topological polar surface area (TPSA) is 52.6 Å². The van der Waals surface area contributed by atoms with E-state index in [0.29, 0.717) is 0 Å². The predicted molar refractivity (Wildman–Crippen MR) is 51.9 cm³/mol. The van der Waals surface area contributed by atoms with Crippen LogP contribution in [-0.4, -0.2) is 24.2 Å². The summed E-state index contributed by atoms with van der Waals surface area (Å²) in [6.45, 7) is 1.51. The van der Waals surface area contributed by atoms with Crippen LogP contribution in [0.5, 0.6) is 5.75 Å². The number of hydrogen-bond donors (Lipinski definition) is 0. The SMILES string of the molecule is CCOC(=O)[C@@]1(F)Oc2ccccc2C1=O. The third kappa shape index (κ3) is 1.36. The second kappa shape index (κ2) is 3.59. The number of esters is 1. The van der Waals surface area contributed by atoms with E-state index in [2.05, 4.69) is 4.74 Å². The van der Waals surface area contributed by atoms with E-state index in [1.165, 1.54) is 19.1 Å². The Kier molecular flexibility index (Phi) is 2.38. The number of ether oxygens (including phenoxy) is 2. The highest BCUT2D eigenvalue weighted by Crippen LogP contribution is 2.36. The second-order valence-corrected chi connectivity index (χ2v) is 3.24. The molecule has 4 nitrogen and oxygen atoms in total. The molecule has 16 heavy (non-hydrogen) atoms. The van der Waals surface area contributed by atoms with Gasteiger partial charge in [0.15, 0.2) is 0 Å². The van der Waals surface area contributed by atoms with Crippen molar-refractivity contribution in [1.29, 1.82) is 0 Å². The molecule has 0 amide bonds. The average molecular weight is 224 g/mol. The Hall–Kier alpha value is -1.91. The molecule has 1 aliphatic rings. The quantitative estimate of drug-likeness (QED) is 0.564. The van der Waals surface area contributed by atoms with Gasteiger partial charge in [0, 0.05) is 0 Å². The highest BCUT2D eigenvalue weighted by atomic mass is 19.2. The Labute approximate surface area is 91.0 Å². The van der Waals surface area contributed by atoms with Crippen molar-refractivity contribution in [3.8, 4) is 5.75 Å². The van der Waals surface area contributed by atoms with Gasteiger partial charge < -0.3 is 9.47 Å². The van der Waals surface area contributed by atoms with E-state index in [0.717, 1.165) is 0 Å². The van der Waals surface area contributed by atoms with E-state index in [4.69, 9.17) is 4.74 Å². The number of benzene rings is 1. The van der Waals surface area contributed by atoms with Gasteiger partial charge in [0.05, 0.1) is 12.2 Å². The minimum absolute atomic E-state index is 0.0164. The summed E-state index contributed by atoms with van der Waals surface area (Å²) >= 11 is 0. The summed E-state index contributed by atoms with van der Waals surface area (Å²) in [5, 5.41) is 0. The maximum atomic E-state index is 14.0. The van der Waals surface area contributed by atoms with E-state index < -0.39 is 17.6 Å². The van der Waals surface area contributed by atoms with Crippen molar-refractivity contribution in [2.45, 2.75) is 12.8 Å². The van der Waals surface area contributed by atoms with Crippen LogP contribution in [0.3, 0.4) is 0 Å². The predicted octanol–water partition coefficient (Wildman–Crippen LogP) is 1.49. The van der Waals surface area contributed by atoms with Crippen molar-refractivity contribution in [2.75, 3.05) is 6.61 Å². The van der Waals surface area contributed by atoms with Crippen molar-refractivity contribution >= 4 is 11.8 Å². The Morgan fingerprint density at radius 1 is 1.50 bits per heavy atom. The smallest absolute Gasteiger partial charge is 0.410 e. The molecule has 0 fully saturated rings. The Balaban J connectivity index is 2.37. The minimum atomic E-state index is -3.03. The summed E-state index contributed by atoms with van der Waals surface area (Å²) in [6, 6.07) is 5.98. The van der Waals surface area contributed by atoms with Gasteiger partial charge in [-0.25, -0.2) is 4.79 Å². The number of Topliss-reactive ketones (excluding diaryl/α,β-unsaturated/α-hetero) is 1. The van der Waals surface area contributed by atoms with Crippen molar-refractivity contribution in [2.24, 2.45) is 0 Å². The molecule has 1 aliphatic heterocycles. The summed E-state index contributed by atoms with van der Waals surface area (Å²) < 4.78 is 23.2. The Morgan fingerprint density at radius 3 is 2.81 bits per heavy atom. The fourth-order valence-electron chi connectivity index (χ4n) is 1.47. The Bertz CT molecular complexity index is 457. The third-order valence-electron chi connectivity index (χ3n) is 2.21. The zero-order chi connectivity index (χ0) is 11.8. The molecule has 1 atom stereocenters. The molecule has 0 saturated heterocycles. The number of carbonyl (C=O) groups is 2. The first-order chi connectivity index (χ1) is 7.59. The van der Waals surface area contributed by atoms with Gasteiger partial charge in [0.25, 0.3) is 5.78 Å². The molecule has 1 aromatic rings. The maximum Gasteiger partial charge on any atom is 0.410 e. The monoisotopic (exact) mass is 224 g/mol. The number of para-hydroxylation sites is 1. The summed E-state index contributed by atoms with van der Waals surface area (Å²) in [5.41, 5.74) is 0.0538. The van der Waals surface area contributed by atoms with Crippen LogP contribution in [0, 0.1) is 0 Å². The first-order valence-electron chi connectivity index (χ1n) is 4.78. The zero-order valence-corrected chi connectivity index (χ0v) is 8.53. The van der Waals surface area contributed by atoms with Gasteiger partial charge in [-0.3, -0.25) is 4.79 Å². The lowest BCUT2D eigenvalue weighted by Crippen LogP contribution is -2.44. The number of hydrogen-bond acceptors (Lipinski definition) is 4. The zero-order valence-electron chi connectivity index (χ0n) is 8.53. The highest BCUT2D eigenvalue weighted by Gasteiger charge is 2.56. The van der Waals surface area contributed by atoms with Crippen LogP contribution in [0.25, 0.3) is 0 Å². The van der Waals surface area contributed by atoms with E-state index >= 15 is 0 Å². The van der Waals surface area contributed by atoms with Gasteiger partial charge in [-0.2, -0.15) is 4.39 Å². The second-order valence-electron chi connectivity index (χ2n) is 3.24. The van der Waals surface area contributed by atoms with Crippen molar-refractivity contribution in [1.82, 2.24) is 0 Å². The van der Waals surface area contributed by atoms with Gasteiger partial charge in [-0.15, -0.1) is 0 Å². The molecule has 0 saturated carbocycles. The van der Waals surface area contributed by atoms with Crippen LogP contribution in [0.15, 0.2) is 24.3 Å². The van der Waals surface area contributed by atoms with E-state index in [1.54, 1.807) is 12.1 Å². The van der Waals surface area contributed by atoms with Crippen LogP contribution >= 0.6 is 0 Å². The molecule has 2 rings (SSSR count). The van der Waals surface area contributed by atoms with Crippen molar-refractivity contribution in [3.63, 3.8) is 0 Å². The molecule has 5 heteroatoms. The molecule has 0 N–H and O–H groups in total. The standard InChI is InChI=1S/C11H9FO4/c1-2-15-10(14)11(12)9(13)7-5-3-4-6-8(7)16-11/h3-6H,2H2,1H3/t11-/m0/s1. The normalized spacial score (nSPS) is 22.5. The molecule has 1 heterocycles. The Morgan fingerprint density at radius 2 is 2.19 bits per heavy atom. The number of fused-ring (bicyclic) bond motifs is 1. The fraction of sp³-hybridized carbons (Fsp3) is 0.273. The third-order valence-corrected chi connectivity index (χ3v) is 2.21. The number of ketones is 1. The van der Waals surface area contributed by atoms with Gasteiger partial charge >= 0.3 is 11.8 Å². The molecule has 0 bridgehead atoms. The van der Waals surface area contributed by atoms with Crippen LogP contribution in [0.4, 0.5) is 4.39 Å². The van der Waals surface area contributed by atoms with Gasteiger partial charge in [-0.1, -0.05) is 12.1 Å². The van der Waals surface area contributed by atoms with E-state index in [1.807, 2.05) is 0 Å². The fourth-order valence-corrected chi connectivity index (χ4v) is 1.47. The lowest BCUT2D eigenvalue weighted by atomic mass is 10.1. The van der Waals surface area contributed by atoms with Crippen LogP contribution < -0.4 is 4.74 Å². The summed E-state index contributed by atoms with van der Waals surface area (Å²) in [4.78, 5) is 22.9. The maximum absolute atomic E-state index is 14.0. The van der Waals surface area contributed by atoms with E-state index in [9.17, 15) is 14.0 Å². The van der Waals surface area contributed by atoms with Crippen molar-refractivity contribution in [3.05, 3.63) is 29.8 Å². The molecule has 0 aliphatic carbocycles. The molecular formula is C11H9FO4. The molecule has 0 unspecified atom stereocenters. The number of alkyl halides is 1. The number of carbonyl (C=O) groups excluding carboxylic acids is 2. The summed E-state index contributed by atoms with van der Waals surface area (Å²) in [6.07, 6.45) is 0. The highest BCUT2D eigenvalue weighted by molar-refractivity contribution is 6.17. The first-order valence-corrected chi connectivity index (χ1v) is 4.78. The van der Waals surface area contributed by atoms with E-state index in [-0.39, 0.29) is 17.9 Å². The lowest BCUT2D eigenvalue weighted by molar-refractivity contribution is -0.169. The molecule has 0 radical (unpaired) electrons. The first kappa shape index (κ1) is 10.6. The van der Waals surface area contributed by atoms with Crippen LogP contribution in [0.2, 0.25) is 0 Å². The minimum Gasteiger partial charge on any atom is -0.461 e. The van der Waals surface area contributed by atoms with Crippen molar-refractivity contribution < 1.29 is 23.5 Å². The summed E-state index contributed by atoms with van der Waals surface area (Å²) in [5.74, 6) is -5.29. The molecule has 0 aromatic heterocycles. The molecular weight excluding hydrogens is 215 g/mol. The summed E-state index contributed by atoms with van der Waals surface area (Å²) in [7, 11) is 0. The van der Waals surface area contributed by atoms with Gasteiger partial charge in [0.1, 0.15) is 5.75 Å². The largest absolute Gasteiger partial charge is 0.461 e. The number of halogens is 1. The molecule has 1 aromatic carbocycles. The molecule has 84 valence electrons. The van der Waals surface area contributed by atoms with Gasteiger partial charge in [-0.05, 0) is 19.1 Å². The van der Waals surface area contributed by atoms with Gasteiger partial charge in [0.2, 0.25) is 0 Å². The van der Waals surface area contributed by atoms with Crippen LogP contribution in [-0.2, 0) is 9.53 Å². The lowest BCUT2D eigenvalue weighted by Gasteiger charge is -2.15. The number of rotatable bonds is 2.